The highest BCUT2D eigenvalue weighted by molar-refractivity contribution is 6.05. The molecule has 0 radical (unpaired) electrons. The summed E-state index contributed by atoms with van der Waals surface area (Å²) in [7, 11) is 0. The number of rotatable bonds is 5. The molecule has 1 atom stereocenters. The van der Waals surface area contributed by atoms with E-state index >= 15 is 0 Å². The predicted octanol–water partition coefficient (Wildman–Crippen LogP) is 4.62. The third-order valence-corrected chi connectivity index (χ3v) is 7.16. The van der Waals surface area contributed by atoms with E-state index < -0.39 is 17.5 Å². The van der Waals surface area contributed by atoms with E-state index in [4.69, 9.17) is 5.26 Å². The Morgan fingerprint density at radius 3 is 2.54 bits per heavy atom. The van der Waals surface area contributed by atoms with E-state index in [-0.39, 0.29) is 34.7 Å². The normalized spacial score (nSPS) is 18.9. The van der Waals surface area contributed by atoms with E-state index in [9.17, 15) is 18.4 Å². The zero-order valence-electron chi connectivity index (χ0n) is 20.1. The van der Waals surface area contributed by atoms with Crippen LogP contribution in [0, 0.1) is 35.8 Å². The molecule has 1 saturated heterocycles. The lowest BCUT2D eigenvalue weighted by atomic mass is 10.0. The number of hydrogen-bond donors (Lipinski definition) is 1. The molecule has 1 N–H and O–H groups in total. The summed E-state index contributed by atoms with van der Waals surface area (Å²) in [6, 6.07) is 8.17. The Morgan fingerprint density at radius 2 is 1.89 bits per heavy atom. The molecule has 184 valence electrons. The third-order valence-electron chi connectivity index (χ3n) is 7.16. The van der Waals surface area contributed by atoms with Gasteiger partial charge in [0.15, 0.2) is 0 Å². The van der Waals surface area contributed by atoms with Gasteiger partial charge in [-0.3, -0.25) is 14.5 Å². The Balaban J connectivity index is 1.44. The smallest absolute Gasteiger partial charge is 0.258 e. The monoisotopic (exact) mass is 480 g/mol. The Bertz CT molecular complexity index is 1170. The molecular weight excluding hydrogens is 450 g/mol. The first-order valence-electron chi connectivity index (χ1n) is 12.1. The number of carbonyl (C=O) groups excluding carboxylic acids is 2. The van der Waals surface area contributed by atoms with Crippen molar-refractivity contribution in [3.8, 4) is 6.07 Å². The maximum atomic E-state index is 14.5. The first kappa shape index (κ1) is 24.8. The predicted molar refractivity (Wildman–Crippen MR) is 129 cm³/mol. The standard InChI is InChI=1S/C27H30F2N4O2/c1-17-15-32(9-10-33(17)27(35)20-5-3-4-6-20)16-21-12-22(28)13-25(18(21)2)31-26(34)23-8-7-19(14-30)11-24(23)29/h7-8,11-13,17,20H,3-6,9-10,15-16H2,1-2H3,(H,31,34). The van der Waals surface area contributed by atoms with Crippen molar-refractivity contribution in [1.82, 2.24) is 9.80 Å². The fourth-order valence-electron chi connectivity index (χ4n) is 5.14. The highest BCUT2D eigenvalue weighted by Crippen LogP contribution is 2.29. The Morgan fingerprint density at radius 1 is 1.14 bits per heavy atom. The summed E-state index contributed by atoms with van der Waals surface area (Å²) in [6.45, 7) is 6.35. The number of nitrogens with one attached hydrogen (secondary N) is 1. The molecule has 4 rings (SSSR count). The molecule has 1 aliphatic heterocycles. The van der Waals surface area contributed by atoms with Crippen LogP contribution in [0.2, 0.25) is 0 Å². The van der Waals surface area contributed by atoms with E-state index in [0.717, 1.165) is 37.3 Å². The number of carbonyl (C=O) groups is 2. The number of nitriles is 1. The van der Waals surface area contributed by atoms with Crippen LogP contribution in [-0.2, 0) is 11.3 Å². The van der Waals surface area contributed by atoms with Crippen molar-refractivity contribution >= 4 is 17.5 Å². The minimum absolute atomic E-state index is 0.0734. The summed E-state index contributed by atoms with van der Waals surface area (Å²) in [5, 5.41) is 11.5. The lowest BCUT2D eigenvalue weighted by Gasteiger charge is -2.41. The zero-order valence-corrected chi connectivity index (χ0v) is 20.1. The number of hydrogen-bond acceptors (Lipinski definition) is 4. The van der Waals surface area contributed by atoms with Crippen LogP contribution in [-0.4, -0.2) is 47.3 Å². The van der Waals surface area contributed by atoms with Crippen molar-refractivity contribution in [3.05, 3.63) is 64.2 Å². The van der Waals surface area contributed by atoms with Crippen molar-refractivity contribution in [3.63, 3.8) is 0 Å². The van der Waals surface area contributed by atoms with Crippen molar-refractivity contribution in [2.75, 3.05) is 25.0 Å². The van der Waals surface area contributed by atoms with Crippen LogP contribution >= 0.6 is 0 Å². The molecule has 1 saturated carbocycles. The van der Waals surface area contributed by atoms with E-state index in [1.165, 1.54) is 24.3 Å². The van der Waals surface area contributed by atoms with Gasteiger partial charge in [0.2, 0.25) is 5.91 Å². The van der Waals surface area contributed by atoms with Gasteiger partial charge in [0.25, 0.3) is 5.91 Å². The highest BCUT2D eigenvalue weighted by atomic mass is 19.1. The zero-order chi connectivity index (χ0) is 25.1. The van der Waals surface area contributed by atoms with Gasteiger partial charge >= 0.3 is 0 Å². The second kappa shape index (κ2) is 10.5. The molecule has 0 aromatic heterocycles. The second-order valence-corrected chi connectivity index (χ2v) is 9.60. The molecule has 2 aromatic carbocycles. The molecule has 1 aliphatic carbocycles. The molecule has 2 aliphatic rings. The highest BCUT2D eigenvalue weighted by Gasteiger charge is 2.33. The molecule has 2 amide bonds. The summed E-state index contributed by atoms with van der Waals surface area (Å²) in [4.78, 5) is 29.7. The molecule has 2 aromatic rings. The average Bonchev–Trinajstić information content (AvgIpc) is 3.36. The van der Waals surface area contributed by atoms with Crippen LogP contribution in [0.4, 0.5) is 14.5 Å². The van der Waals surface area contributed by atoms with Crippen LogP contribution in [0.15, 0.2) is 30.3 Å². The molecule has 6 nitrogen and oxygen atoms in total. The maximum absolute atomic E-state index is 14.5. The number of benzene rings is 2. The third kappa shape index (κ3) is 5.51. The average molecular weight is 481 g/mol. The quantitative estimate of drug-likeness (QED) is 0.678. The fraction of sp³-hybridized carbons (Fsp3) is 0.444. The SMILES string of the molecule is Cc1c(CN2CCN(C(=O)C3CCCC3)C(C)C2)cc(F)cc1NC(=O)c1ccc(C#N)cc1F. The molecule has 0 spiro atoms. The van der Waals surface area contributed by atoms with Gasteiger partial charge in [-0.15, -0.1) is 0 Å². The first-order chi connectivity index (χ1) is 16.8. The lowest BCUT2D eigenvalue weighted by molar-refractivity contribution is -0.140. The Hall–Kier alpha value is -3.31. The first-order valence-corrected chi connectivity index (χ1v) is 12.1. The minimum atomic E-state index is -0.810. The second-order valence-electron chi connectivity index (χ2n) is 9.60. The van der Waals surface area contributed by atoms with E-state index in [1.54, 1.807) is 6.92 Å². The van der Waals surface area contributed by atoms with E-state index in [2.05, 4.69) is 17.1 Å². The lowest BCUT2D eigenvalue weighted by Crippen LogP contribution is -2.54. The fourth-order valence-corrected chi connectivity index (χ4v) is 5.14. The topological polar surface area (TPSA) is 76.4 Å². The molecule has 1 unspecified atom stereocenters. The van der Waals surface area contributed by atoms with Gasteiger partial charge in [0, 0.05) is 43.8 Å². The molecule has 2 fully saturated rings. The largest absolute Gasteiger partial charge is 0.337 e. The van der Waals surface area contributed by atoms with Gasteiger partial charge in [-0.2, -0.15) is 5.26 Å². The van der Waals surface area contributed by atoms with Gasteiger partial charge in [0.1, 0.15) is 11.6 Å². The van der Waals surface area contributed by atoms with Gasteiger partial charge in [-0.1, -0.05) is 12.8 Å². The van der Waals surface area contributed by atoms with E-state index in [0.29, 0.717) is 31.7 Å². The maximum Gasteiger partial charge on any atom is 0.258 e. The number of piperazine rings is 1. The Kier molecular flexibility index (Phi) is 7.46. The summed E-state index contributed by atoms with van der Waals surface area (Å²) in [5.74, 6) is -1.60. The Labute approximate surface area is 204 Å². The van der Waals surface area contributed by atoms with Gasteiger partial charge in [-0.25, -0.2) is 8.78 Å². The van der Waals surface area contributed by atoms with Crippen molar-refractivity contribution in [2.24, 2.45) is 5.92 Å². The van der Waals surface area contributed by atoms with Gasteiger partial charge in [-0.05, 0) is 68.1 Å². The van der Waals surface area contributed by atoms with Crippen LogP contribution in [0.3, 0.4) is 0 Å². The summed E-state index contributed by atoms with van der Waals surface area (Å²) >= 11 is 0. The summed E-state index contributed by atoms with van der Waals surface area (Å²) in [5.41, 5.74) is 1.60. The van der Waals surface area contributed by atoms with E-state index in [1.807, 2.05) is 11.0 Å². The number of amides is 2. The molecule has 1 heterocycles. The van der Waals surface area contributed by atoms with Crippen LogP contribution < -0.4 is 5.32 Å². The van der Waals surface area contributed by atoms with Crippen molar-refractivity contribution in [1.29, 1.82) is 5.26 Å². The molecule has 35 heavy (non-hydrogen) atoms. The van der Waals surface area contributed by atoms with Crippen LogP contribution in [0.25, 0.3) is 0 Å². The summed E-state index contributed by atoms with van der Waals surface area (Å²) in [6.07, 6.45) is 4.21. The van der Waals surface area contributed by atoms with Gasteiger partial charge in [0.05, 0.1) is 17.2 Å². The molecule has 0 bridgehead atoms. The van der Waals surface area contributed by atoms with Crippen LogP contribution in [0.1, 0.15) is 59.7 Å². The van der Waals surface area contributed by atoms with Gasteiger partial charge < -0.3 is 10.2 Å². The number of halogens is 2. The summed E-state index contributed by atoms with van der Waals surface area (Å²) < 4.78 is 28.7. The molecular formula is C27H30F2N4O2. The number of anilines is 1. The van der Waals surface area contributed by atoms with Crippen molar-refractivity contribution < 1.29 is 18.4 Å². The minimum Gasteiger partial charge on any atom is -0.337 e. The van der Waals surface area contributed by atoms with Crippen LogP contribution in [0.5, 0.6) is 0 Å². The van der Waals surface area contributed by atoms with Crippen molar-refractivity contribution in [2.45, 2.75) is 52.1 Å². The number of nitrogens with zero attached hydrogens (tertiary/aromatic N) is 3. The molecule has 8 heteroatoms.